The molecule has 1 saturated carbocycles. The van der Waals surface area contributed by atoms with Gasteiger partial charge in [0.1, 0.15) is 0 Å². The van der Waals surface area contributed by atoms with E-state index in [1.165, 1.54) is 32.1 Å². The summed E-state index contributed by atoms with van der Waals surface area (Å²) in [6.45, 7) is 1.60. The highest BCUT2D eigenvalue weighted by Crippen LogP contribution is 2.29. The predicted molar refractivity (Wildman–Crippen MR) is 114 cm³/mol. The molecular weight excluding hydrogens is 372 g/mol. The molecular formula is C22H25ClN4O. The van der Waals surface area contributed by atoms with Crippen molar-refractivity contribution in [1.82, 2.24) is 9.55 Å². The van der Waals surface area contributed by atoms with E-state index in [9.17, 15) is 4.79 Å². The van der Waals surface area contributed by atoms with Crippen LogP contribution in [0.1, 0.15) is 48.0 Å². The lowest BCUT2D eigenvalue weighted by atomic mass is 9.89. The number of aromatic nitrogens is 2. The fourth-order valence-electron chi connectivity index (χ4n) is 4.01. The average Bonchev–Trinajstić information content (AvgIpc) is 3.05. The zero-order valence-electron chi connectivity index (χ0n) is 15.8. The van der Waals surface area contributed by atoms with Crippen molar-refractivity contribution in [3.8, 4) is 0 Å². The normalized spacial score (nSPS) is 15.0. The first kappa shape index (κ1) is 18.8. The molecule has 146 valence electrons. The van der Waals surface area contributed by atoms with Gasteiger partial charge in [-0.25, -0.2) is 4.98 Å². The third-order valence-corrected chi connectivity index (χ3v) is 5.81. The summed E-state index contributed by atoms with van der Waals surface area (Å²) in [6, 6.07) is 13.3. The number of carbonyl (C=O) groups excluding carboxylic acids is 1. The number of hydrogen-bond acceptors (Lipinski definition) is 3. The van der Waals surface area contributed by atoms with Crippen LogP contribution in [0.15, 0.2) is 42.5 Å². The molecule has 2 aromatic carbocycles. The van der Waals surface area contributed by atoms with E-state index in [-0.39, 0.29) is 0 Å². The summed E-state index contributed by atoms with van der Waals surface area (Å²) < 4.78 is 2.26. The van der Waals surface area contributed by atoms with Crippen molar-refractivity contribution in [1.29, 1.82) is 0 Å². The van der Waals surface area contributed by atoms with Crippen LogP contribution < -0.4 is 11.1 Å². The number of imidazole rings is 1. The molecule has 1 aliphatic carbocycles. The van der Waals surface area contributed by atoms with Crippen molar-refractivity contribution in [3.63, 3.8) is 0 Å². The number of nitrogens with two attached hydrogens (primary N) is 1. The highest BCUT2D eigenvalue weighted by molar-refractivity contribution is 6.30. The number of halogens is 1. The maximum atomic E-state index is 11.6. The number of rotatable bonds is 6. The van der Waals surface area contributed by atoms with Crippen LogP contribution in [0.2, 0.25) is 5.02 Å². The topological polar surface area (TPSA) is 72.9 Å². The summed E-state index contributed by atoms with van der Waals surface area (Å²) in [5.41, 5.74) is 8.90. The smallest absolute Gasteiger partial charge is 0.248 e. The van der Waals surface area contributed by atoms with E-state index in [4.69, 9.17) is 22.3 Å². The molecule has 5 nitrogen and oxygen atoms in total. The van der Waals surface area contributed by atoms with E-state index >= 15 is 0 Å². The van der Waals surface area contributed by atoms with Crippen LogP contribution in [0.4, 0.5) is 5.95 Å². The molecule has 1 heterocycles. The van der Waals surface area contributed by atoms with E-state index in [0.29, 0.717) is 18.0 Å². The standard InChI is InChI=1S/C22H25ClN4O/c23-18-9-6-15(7-10-18)13-25-22-26-19-12-17(21(24)28)8-11-20(19)27(22)14-16-4-2-1-3-5-16/h6-12,16H,1-5,13-14H2,(H2,24,28)(H,25,26). The average molecular weight is 397 g/mol. The second-order valence-corrected chi connectivity index (χ2v) is 8.03. The number of hydrogen-bond donors (Lipinski definition) is 2. The Labute approximate surface area is 169 Å². The van der Waals surface area contributed by atoms with Gasteiger partial charge < -0.3 is 15.6 Å². The second kappa shape index (κ2) is 8.23. The summed E-state index contributed by atoms with van der Waals surface area (Å²) in [6.07, 6.45) is 6.46. The van der Waals surface area contributed by atoms with Crippen molar-refractivity contribution in [2.24, 2.45) is 11.7 Å². The summed E-state index contributed by atoms with van der Waals surface area (Å²) in [5, 5.41) is 4.20. The Hall–Kier alpha value is -2.53. The molecule has 1 aliphatic rings. The lowest BCUT2D eigenvalue weighted by molar-refractivity contribution is 0.100. The SMILES string of the molecule is NC(=O)c1ccc2c(c1)nc(NCc1ccc(Cl)cc1)n2CC1CCCCC1. The number of amides is 1. The van der Waals surface area contributed by atoms with Gasteiger partial charge in [-0.15, -0.1) is 0 Å². The molecule has 3 N–H and O–H groups in total. The summed E-state index contributed by atoms with van der Waals surface area (Å²) >= 11 is 5.98. The molecule has 0 radical (unpaired) electrons. The van der Waals surface area contributed by atoms with Crippen LogP contribution in [0.5, 0.6) is 0 Å². The van der Waals surface area contributed by atoms with Crippen molar-refractivity contribution < 1.29 is 4.79 Å². The highest BCUT2D eigenvalue weighted by atomic mass is 35.5. The molecule has 0 saturated heterocycles. The first-order valence-corrected chi connectivity index (χ1v) is 10.3. The minimum atomic E-state index is -0.431. The van der Waals surface area contributed by atoms with E-state index in [2.05, 4.69) is 9.88 Å². The maximum Gasteiger partial charge on any atom is 0.248 e. The molecule has 28 heavy (non-hydrogen) atoms. The number of benzene rings is 2. The number of primary amides is 1. The Morgan fingerprint density at radius 1 is 1.14 bits per heavy atom. The lowest BCUT2D eigenvalue weighted by Gasteiger charge is -2.23. The Bertz CT molecular complexity index is 974. The van der Waals surface area contributed by atoms with Crippen LogP contribution in [0, 0.1) is 5.92 Å². The van der Waals surface area contributed by atoms with Gasteiger partial charge >= 0.3 is 0 Å². The molecule has 1 fully saturated rings. The minimum Gasteiger partial charge on any atom is -0.366 e. The van der Waals surface area contributed by atoms with E-state index < -0.39 is 5.91 Å². The van der Waals surface area contributed by atoms with Crippen LogP contribution >= 0.6 is 11.6 Å². The molecule has 0 spiro atoms. The van der Waals surface area contributed by atoms with Gasteiger partial charge in [0.25, 0.3) is 0 Å². The zero-order chi connectivity index (χ0) is 19.5. The van der Waals surface area contributed by atoms with Crippen molar-refractivity contribution >= 4 is 34.5 Å². The third-order valence-electron chi connectivity index (χ3n) is 5.56. The number of carbonyl (C=O) groups is 1. The predicted octanol–water partition coefficient (Wildman–Crippen LogP) is 4.98. The second-order valence-electron chi connectivity index (χ2n) is 7.60. The van der Waals surface area contributed by atoms with Crippen LogP contribution in [0.3, 0.4) is 0 Å². The first-order chi connectivity index (χ1) is 13.6. The maximum absolute atomic E-state index is 11.6. The fraction of sp³-hybridized carbons (Fsp3) is 0.364. The molecule has 0 aliphatic heterocycles. The molecule has 4 rings (SSSR count). The van der Waals surface area contributed by atoms with E-state index in [1.807, 2.05) is 30.3 Å². The van der Waals surface area contributed by atoms with Gasteiger partial charge in [0.05, 0.1) is 11.0 Å². The van der Waals surface area contributed by atoms with Crippen molar-refractivity contribution in [3.05, 3.63) is 58.6 Å². The minimum absolute atomic E-state index is 0.431. The largest absolute Gasteiger partial charge is 0.366 e. The number of fused-ring (bicyclic) bond motifs is 1. The number of nitrogens with one attached hydrogen (secondary N) is 1. The summed E-state index contributed by atoms with van der Waals surface area (Å²) in [4.78, 5) is 16.3. The van der Waals surface area contributed by atoms with Gasteiger partial charge in [-0.05, 0) is 54.7 Å². The first-order valence-electron chi connectivity index (χ1n) is 9.88. The highest BCUT2D eigenvalue weighted by Gasteiger charge is 2.19. The third kappa shape index (κ3) is 4.14. The molecule has 1 aromatic heterocycles. The van der Waals surface area contributed by atoms with Gasteiger partial charge in [-0.2, -0.15) is 0 Å². The Balaban J connectivity index is 1.64. The summed E-state index contributed by atoms with van der Waals surface area (Å²) in [7, 11) is 0. The fourth-order valence-corrected chi connectivity index (χ4v) is 4.14. The van der Waals surface area contributed by atoms with Crippen molar-refractivity contribution in [2.75, 3.05) is 5.32 Å². The molecule has 1 amide bonds. The van der Waals surface area contributed by atoms with Crippen LogP contribution in [-0.4, -0.2) is 15.5 Å². The Morgan fingerprint density at radius 2 is 1.89 bits per heavy atom. The van der Waals surface area contributed by atoms with Crippen LogP contribution in [0.25, 0.3) is 11.0 Å². The lowest BCUT2D eigenvalue weighted by Crippen LogP contribution is -2.16. The zero-order valence-corrected chi connectivity index (χ0v) is 16.6. The number of nitrogens with zero attached hydrogens (tertiary/aromatic N) is 2. The molecule has 0 unspecified atom stereocenters. The Morgan fingerprint density at radius 3 is 2.61 bits per heavy atom. The van der Waals surface area contributed by atoms with E-state index in [1.54, 1.807) is 12.1 Å². The number of anilines is 1. The summed E-state index contributed by atoms with van der Waals surface area (Å²) in [5.74, 6) is 1.06. The van der Waals surface area contributed by atoms with Gasteiger partial charge in [0.15, 0.2) is 0 Å². The van der Waals surface area contributed by atoms with Gasteiger partial charge in [-0.1, -0.05) is 43.0 Å². The van der Waals surface area contributed by atoms with Gasteiger partial charge in [0, 0.05) is 23.7 Å². The van der Waals surface area contributed by atoms with Gasteiger partial charge in [-0.3, -0.25) is 4.79 Å². The molecule has 3 aromatic rings. The molecule has 0 atom stereocenters. The Kier molecular flexibility index (Phi) is 5.53. The molecule has 0 bridgehead atoms. The van der Waals surface area contributed by atoms with Gasteiger partial charge in [0.2, 0.25) is 11.9 Å². The van der Waals surface area contributed by atoms with E-state index in [0.717, 1.165) is 34.1 Å². The molecule has 6 heteroatoms. The monoisotopic (exact) mass is 396 g/mol. The van der Waals surface area contributed by atoms with Crippen LogP contribution in [-0.2, 0) is 13.1 Å². The quantitative estimate of drug-likeness (QED) is 0.617. The van der Waals surface area contributed by atoms with Crippen molar-refractivity contribution in [2.45, 2.75) is 45.2 Å².